The Kier molecular flexibility index (Phi) is 3.51. The van der Waals surface area contributed by atoms with Gasteiger partial charge in [0.15, 0.2) is 0 Å². The minimum absolute atomic E-state index is 0.992. The van der Waals surface area contributed by atoms with Crippen molar-refractivity contribution in [2.75, 3.05) is 0 Å². The minimum atomic E-state index is 0.992. The molecular formula is C13H14NS. The average molecular weight is 216 g/mol. The van der Waals surface area contributed by atoms with E-state index >= 15 is 0 Å². The summed E-state index contributed by atoms with van der Waals surface area (Å²) in [4.78, 5) is 5.82. The van der Waals surface area contributed by atoms with Crippen LogP contribution in [0.4, 0.5) is 0 Å². The van der Waals surface area contributed by atoms with Crippen LogP contribution >= 0.6 is 11.3 Å². The molecule has 2 heteroatoms. The molecule has 0 aliphatic heterocycles. The molecule has 1 aromatic carbocycles. The molecule has 0 spiro atoms. The first-order valence-electron chi connectivity index (χ1n) is 5.19. The lowest BCUT2D eigenvalue weighted by atomic mass is 10.1. The van der Waals surface area contributed by atoms with Crippen LogP contribution in [0.5, 0.6) is 0 Å². The highest BCUT2D eigenvalue weighted by Gasteiger charge is 2.07. The lowest BCUT2D eigenvalue weighted by Crippen LogP contribution is -1.85. The highest BCUT2D eigenvalue weighted by atomic mass is 32.1. The second-order valence-electron chi connectivity index (χ2n) is 3.45. The van der Waals surface area contributed by atoms with Crippen molar-refractivity contribution in [1.29, 1.82) is 0 Å². The fourth-order valence-electron chi connectivity index (χ4n) is 1.56. The number of hydrogen-bond acceptors (Lipinski definition) is 2. The van der Waals surface area contributed by atoms with Crippen LogP contribution in [0.15, 0.2) is 35.8 Å². The summed E-state index contributed by atoms with van der Waals surface area (Å²) in [5.74, 6) is 0. The van der Waals surface area contributed by atoms with Crippen LogP contribution in [0, 0.1) is 6.92 Å². The summed E-state index contributed by atoms with van der Waals surface area (Å²) < 4.78 is 0. The number of benzene rings is 1. The summed E-state index contributed by atoms with van der Waals surface area (Å²) in [6, 6.07) is 10.4. The second-order valence-corrected chi connectivity index (χ2v) is 4.39. The number of aromatic nitrogens is 1. The molecule has 0 atom stereocenters. The summed E-state index contributed by atoms with van der Waals surface area (Å²) in [6.45, 7) is 3.87. The molecule has 0 unspecified atom stereocenters. The van der Waals surface area contributed by atoms with Crippen molar-refractivity contribution in [2.45, 2.75) is 19.3 Å². The zero-order valence-electron chi connectivity index (χ0n) is 8.65. The zero-order valence-corrected chi connectivity index (χ0v) is 9.46. The van der Waals surface area contributed by atoms with Crippen molar-refractivity contribution in [1.82, 2.24) is 4.98 Å². The molecule has 2 rings (SSSR count). The van der Waals surface area contributed by atoms with Crippen molar-refractivity contribution in [3.05, 3.63) is 47.6 Å². The zero-order chi connectivity index (χ0) is 10.5. The SMILES string of the molecule is [CH2]CCCc1scnc1-c1ccccc1. The van der Waals surface area contributed by atoms with Gasteiger partial charge in [0.2, 0.25) is 0 Å². The van der Waals surface area contributed by atoms with Crippen LogP contribution in [0.2, 0.25) is 0 Å². The Morgan fingerprint density at radius 1 is 1.20 bits per heavy atom. The quantitative estimate of drug-likeness (QED) is 0.753. The van der Waals surface area contributed by atoms with Crippen molar-refractivity contribution in [3.8, 4) is 11.3 Å². The Balaban J connectivity index is 2.25. The summed E-state index contributed by atoms with van der Waals surface area (Å²) in [7, 11) is 0. The first kappa shape index (κ1) is 10.4. The molecule has 0 amide bonds. The van der Waals surface area contributed by atoms with Gasteiger partial charge in [0.05, 0.1) is 11.2 Å². The van der Waals surface area contributed by atoms with E-state index in [1.165, 1.54) is 10.4 Å². The van der Waals surface area contributed by atoms with Gasteiger partial charge in [-0.15, -0.1) is 11.3 Å². The van der Waals surface area contributed by atoms with Crippen LogP contribution in [0.1, 0.15) is 17.7 Å². The molecule has 0 aliphatic carbocycles. The van der Waals surface area contributed by atoms with Crippen LogP contribution in [-0.2, 0) is 6.42 Å². The van der Waals surface area contributed by atoms with Gasteiger partial charge in [-0.2, -0.15) is 0 Å². The van der Waals surface area contributed by atoms with Crippen molar-refractivity contribution < 1.29 is 0 Å². The molecule has 77 valence electrons. The third kappa shape index (κ3) is 2.45. The third-order valence-electron chi connectivity index (χ3n) is 2.34. The predicted octanol–water partition coefficient (Wildman–Crippen LogP) is 3.97. The van der Waals surface area contributed by atoms with Crippen molar-refractivity contribution in [3.63, 3.8) is 0 Å². The van der Waals surface area contributed by atoms with Crippen LogP contribution < -0.4 is 0 Å². The maximum absolute atomic E-state index is 4.44. The first-order chi connectivity index (χ1) is 7.42. The molecule has 0 N–H and O–H groups in total. The van der Waals surface area contributed by atoms with Crippen molar-refractivity contribution in [2.24, 2.45) is 0 Å². The lowest BCUT2D eigenvalue weighted by molar-refractivity contribution is 0.852. The van der Waals surface area contributed by atoms with Gasteiger partial charge in [0, 0.05) is 10.4 Å². The number of aryl methyl sites for hydroxylation is 1. The molecule has 1 aromatic heterocycles. The highest BCUT2D eigenvalue weighted by Crippen LogP contribution is 2.26. The Morgan fingerprint density at radius 2 is 2.00 bits per heavy atom. The van der Waals surface area contributed by atoms with Gasteiger partial charge in [-0.05, 0) is 12.8 Å². The van der Waals surface area contributed by atoms with Crippen LogP contribution in [0.25, 0.3) is 11.3 Å². The molecule has 2 aromatic rings. The van der Waals surface area contributed by atoms with Gasteiger partial charge >= 0.3 is 0 Å². The topological polar surface area (TPSA) is 12.9 Å². The van der Waals surface area contributed by atoms with E-state index in [9.17, 15) is 0 Å². The van der Waals surface area contributed by atoms with Gasteiger partial charge in [-0.3, -0.25) is 0 Å². The molecule has 0 fully saturated rings. The molecule has 15 heavy (non-hydrogen) atoms. The van der Waals surface area contributed by atoms with E-state index in [4.69, 9.17) is 0 Å². The van der Waals surface area contributed by atoms with Gasteiger partial charge in [-0.25, -0.2) is 4.98 Å². The Labute approximate surface area is 94.8 Å². The smallest absolute Gasteiger partial charge is 0.0843 e. The average Bonchev–Trinajstić information content (AvgIpc) is 2.75. The maximum Gasteiger partial charge on any atom is 0.0843 e. The van der Waals surface area contributed by atoms with Gasteiger partial charge in [0.25, 0.3) is 0 Å². The number of hydrogen-bond donors (Lipinski definition) is 0. The van der Waals surface area contributed by atoms with E-state index in [-0.39, 0.29) is 0 Å². The molecule has 0 saturated carbocycles. The predicted molar refractivity (Wildman–Crippen MR) is 65.8 cm³/mol. The van der Waals surface area contributed by atoms with Gasteiger partial charge in [-0.1, -0.05) is 43.7 Å². The van der Waals surface area contributed by atoms with E-state index in [1.807, 2.05) is 11.6 Å². The van der Waals surface area contributed by atoms with Crippen LogP contribution in [0.3, 0.4) is 0 Å². The number of rotatable bonds is 4. The van der Waals surface area contributed by atoms with E-state index in [1.54, 1.807) is 11.3 Å². The monoisotopic (exact) mass is 216 g/mol. The van der Waals surface area contributed by atoms with E-state index < -0.39 is 0 Å². The highest BCUT2D eigenvalue weighted by molar-refractivity contribution is 7.10. The first-order valence-corrected chi connectivity index (χ1v) is 6.07. The molecular weight excluding hydrogens is 202 g/mol. The molecule has 0 saturated heterocycles. The van der Waals surface area contributed by atoms with Crippen molar-refractivity contribution >= 4 is 11.3 Å². The second kappa shape index (κ2) is 5.08. The Morgan fingerprint density at radius 3 is 2.73 bits per heavy atom. The number of unbranched alkanes of at least 4 members (excludes halogenated alkanes) is 1. The summed E-state index contributed by atoms with van der Waals surface area (Å²) >= 11 is 1.75. The Hall–Kier alpha value is -1.15. The minimum Gasteiger partial charge on any atom is -0.244 e. The van der Waals surface area contributed by atoms with E-state index in [0.717, 1.165) is 25.0 Å². The standard InChI is InChI=1S/C13H14NS/c1-2-3-9-12-13(14-10-15-12)11-7-5-4-6-8-11/h4-8,10H,1-3,9H2. The fraction of sp³-hybridized carbons (Fsp3) is 0.231. The van der Waals surface area contributed by atoms with E-state index in [2.05, 4.69) is 36.2 Å². The maximum atomic E-state index is 4.44. The normalized spacial score (nSPS) is 10.5. The molecule has 1 nitrogen and oxygen atoms in total. The summed E-state index contributed by atoms with van der Waals surface area (Å²) in [6.07, 6.45) is 3.23. The Bertz CT molecular complexity index is 405. The number of thiazole rings is 1. The van der Waals surface area contributed by atoms with Crippen LogP contribution in [-0.4, -0.2) is 4.98 Å². The summed E-state index contributed by atoms with van der Waals surface area (Å²) in [5.41, 5.74) is 4.30. The van der Waals surface area contributed by atoms with E-state index in [0.29, 0.717) is 0 Å². The van der Waals surface area contributed by atoms with Gasteiger partial charge < -0.3 is 0 Å². The largest absolute Gasteiger partial charge is 0.244 e. The van der Waals surface area contributed by atoms with Gasteiger partial charge in [0.1, 0.15) is 0 Å². The lowest BCUT2D eigenvalue weighted by Gasteiger charge is -2.01. The molecule has 1 heterocycles. The number of nitrogens with zero attached hydrogens (tertiary/aromatic N) is 1. The summed E-state index contributed by atoms with van der Waals surface area (Å²) in [5, 5.41) is 0. The third-order valence-corrected chi connectivity index (χ3v) is 3.23. The fourth-order valence-corrected chi connectivity index (χ4v) is 2.39. The molecule has 0 bridgehead atoms. The molecule has 1 radical (unpaired) electrons. The molecule has 0 aliphatic rings.